The number of nitrogens with zero attached hydrogens (tertiary/aromatic N) is 1. The van der Waals surface area contributed by atoms with Crippen LogP contribution in [0.5, 0.6) is 0 Å². The first-order valence-corrected chi connectivity index (χ1v) is 8.81. The van der Waals surface area contributed by atoms with E-state index in [1.54, 1.807) is 0 Å². The predicted molar refractivity (Wildman–Crippen MR) is 78.9 cm³/mol. The molecule has 0 saturated carbocycles. The lowest BCUT2D eigenvalue weighted by atomic mass is 10.1. The standard InChI is InChI=1S/C15H22FNO3S/c1-12-14(16)9-13(11-18)10-15(12)21(19,20)17-7-5-3-2-4-6-8-17/h9-10,18H,2-8,11H2,1H3. The smallest absolute Gasteiger partial charge is 0.243 e. The van der Waals surface area contributed by atoms with Gasteiger partial charge in [-0.1, -0.05) is 19.3 Å². The van der Waals surface area contributed by atoms with Gasteiger partial charge in [0, 0.05) is 18.7 Å². The van der Waals surface area contributed by atoms with Gasteiger partial charge in [-0.3, -0.25) is 0 Å². The largest absolute Gasteiger partial charge is 0.392 e. The van der Waals surface area contributed by atoms with Crippen molar-refractivity contribution in [2.24, 2.45) is 0 Å². The Balaban J connectivity index is 2.40. The molecule has 1 saturated heterocycles. The van der Waals surface area contributed by atoms with Gasteiger partial charge in [-0.2, -0.15) is 4.31 Å². The zero-order chi connectivity index (χ0) is 15.5. The van der Waals surface area contributed by atoms with Crippen molar-refractivity contribution in [3.05, 3.63) is 29.1 Å². The highest BCUT2D eigenvalue weighted by Gasteiger charge is 2.27. The summed E-state index contributed by atoms with van der Waals surface area (Å²) in [5, 5.41) is 9.16. The van der Waals surface area contributed by atoms with Crippen LogP contribution in [-0.2, 0) is 16.6 Å². The Kier molecular flexibility index (Phi) is 5.35. The van der Waals surface area contributed by atoms with Crippen LogP contribution >= 0.6 is 0 Å². The van der Waals surface area contributed by atoms with Crippen LogP contribution in [0.25, 0.3) is 0 Å². The minimum atomic E-state index is -3.71. The van der Waals surface area contributed by atoms with Crippen LogP contribution in [0.4, 0.5) is 4.39 Å². The first-order chi connectivity index (χ1) is 9.96. The molecule has 2 rings (SSSR count). The van der Waals surface area contributed by atoms with E-state index in [0.29, 0.717) is 13.1 Å². The number of rotatable bonds is 3. The summed E-state index contributed by atoms with van der Waals surface area (Å²) in [6.07, 6.45) is 4.86. The molecular formula is C15H22FNO3S. The van der Waals surface area contributed by atoms with Crippen LogP contribution in [-0.4, -0.2) is 30.9 Å². The Morgan fingerprint density at radius 2 is 1.71 bits per heavy atom. The highest BCUT2D eigenvalue weighted by molar-refractivity contribution is 7.89. The van der Waals surface area contributed by atoms with E-state index in [1.165, 1.54) is 23.4 Å². The molecule has 4 nitrogen and oxygen atoms in total. The van der Waals surface area contributed by atoms with Gasteiger partial charge in [-0.25, -0.2) is 12.8 Å². The third-order valence-electron chi connectivity index (χ3n) is 3.97. The molecule has 0 atom stereocenters. The first-order valence-electron chi connectivity index (χ1n) is 7.37. The summed E-state index contributed by atoms with van der Waals surface area (Å²) < 4.78 is 40.9. The number of aliphatic hydroxyl groups excluding tert-OH is 1. The summed E-state index contributed by atoms with van der Waals surface area (Å²) >= 11 is 0. The second-order valence-corrected chi connectivity index (χ2v) is 7.44. The van der Waals surface area contributed by atoms with E-state index in [4.69, 9.17) is 5.11 Å². The maximum absolute atomic E-state index is 13.9. The monoisotopic (exact) mass is 315 g/mol. The van der Waals surface area contributed by atoms with Gasteiger partial charge in [-0.05, 0) is 37.5 Å². The number of sulfonamides is 1. The Labute approximate surface area is 125 Å². The molecule has 1 aliphatic heterocycles. The topological polar surface area (TPSA) is 57.6 Å². The van der Waals surface area contributed by atoms with Gasteiger partial charge in [0.15, 0.2) is 0 Å². The summed E-state index contributed by atoms with van der Waals surface area (Å²) in [5.74, 6) is -0.591. The highest BCUT2D eigenvalue weighted by Crippen LogP contribution is 2.25. The second kappa shape index (κ2) is 6.85. The Hall–Kier alpha value is -0.980. The summed E-state index contributed by atoms with van der Waals surface area (Å²) in [4.78, 5) is -0.0212. The first kappa shape index (κ1) is 16.4. The summed E-state index contributed by atoms with van der Waals surface area (Å²) in [6.45, 7) is 2.05. The average Bonchev–Trinajstić information content (AvgIpc) is 2.40. The fraction of sp³-hybridized carbons (Fsp3) is 0.600. The molecule has 0 aromatic heterocycles. The fourth-order valence-electron chi connectivity index (χ4n) is 2.66. The minimum absolute atomic E-state index is 0.0212. The van der Waals surface area contributed by atoms with Crippen molar-refractivity contribution in [2.45, 2.75) is 50.5 Å². The lowest BCUT2D eigenvalue weighted by Crippen LogP contribution is -2.34. The number of halogens is 1. The Morgan fingerprint density at radius 1 is 1.14 bits per heavy atom. The van der Waals surface area contributed by atoms with E-state index in [2.05, 4.69) is 0 Å². The van der Waals surface area contributed by atoms with E-state index in [-0.39, 0.29) is 22.6 Å². The third kappa shape index (κ3) is 3.62. The van der Waals surface area contributed by atoms with Gasteiger partial charge in [0.2, 0.25) is 10.0 Å². The van der Waals surface area contributed by atoms with Crippen molar-refractivity contribution in [3.63, 3.8) is 0 Å². The molecule has 1 N–H and O–H groups in total. The van der Waals surface area contributed by atoms with E-state index in [0.717, 1.165) is 32.1 Å². The number of benzene rings is 1. The number of hydrogen-bond acceptors (Lipinski definition) is 3. The van der Waals surface area contributed by atoms with Crippen molar-refractivity contribution >= 4 is 10.0 Å². The van der Waals surface area contributed by atoms with Crippen LogP contribution in [0.1, 0.15) is 43.2 Å². The molecule has 6 heteroatoms. The van der Waals surface area contributed by atoms with Crippen molar-refractivity contribution in [2.75, 3.05) is 13.1 Å². The van der Waals surface area contributed by atoms with Crippen molar-refractivity contribution < 1.29 is 17.9 Å². The zero-order valence-electron chi connectivity index (χ0n) is 12.3. The maximum Gasteiger partial charge on any atom is 0.243 e. The maximum atomic E-state index is 13.9. The van der Waals surface area contributed by atoms with Crippen LogP contribution in [0, 0.1) is 12.7 Å². The third-order valence-corrected chi connectivity index (χ3v) is 6.00. The Bertz CT molecular complexity index is 593. The van der Waals surface area contributed by atoms with E-state index in [1.807, 2.05) is 0 Å². The molecule has 1 heterocycles. The van der Waals surface area contributed by atoms with Crippen molar-refractivity contribution in [1.29, 1.82) is 0 Å². The molecule has 1 aromatic rings. The summed E-state index contributed by atoms with van der Waals surface area (Å²) in [7, 11) is -3.71. The Morgan fingerprint density at radius 3 is 2.29 bits per heavy atom. The fourth-order valence-corrected chi connectivity index (χ4v) is 4.47. The molecule has 21 heavy (non-hydrogen) atoms. The van der Waals surface area contributed by atoms with Crippen LogP contribution in [0.15, 0.2) is 17.0 Å². The molecular weight excluding hydrogens is 293 g/mol. The van der Waals surface area contributed by atoms with Gasteiger partial charge in [0.1, 0.15) is 5.82 Å². The average molecular weight is 315 g/mol. The van der Waals surface area contributed by atoms with Crippen LogP contribution < -0.4 is 0 Å². The van der Waals surface area contributed by atoms with Gasteiger partial charge >= 0.3 is 0 Å². The second-order valence-electron chi connectivity index (χ2n) is 5.53. The zero-order valence-corrected chi connectivity index (χ0v) is 13.1. The lowest BCUT2D eigenvalue weighted by Gasteiger charge is -2.25. The van der Waals surface area contributed by atoms with Gasteiger partial charge in [0.05, 0.1) is 11.5 Å². The molecule has 0 aliphatic carbocycles. The summed E-state index contributed by atoms with van der Waals surface area (Å²) in [5.41, 5.74) is 0.401. The molecule has 0 radical (unpaired) electrons. The molecule has 1 aromatic carbocycles. The lowest BCUT2D eigenvalue weighted by molar-refractivity contribution is 0.280. The van der Waals surface area contributed by atoms with Gasteiger partial charge in [-0.15, -0.1) is 0 Å². The molecule has 0 unspecified atom stereocenters. The van der Waals surface area contributed by atoms with Crippen LogP contribution in [0.3, 0.4) is 0 Å². The van der Waals surface area contributed by atoms with Crippen molar-refractivity contribution in [1.82, 2.24) is 4.31 Å². The molecule has 0 spiro atoms. The van der Waals surface area contributed by atoms with Crippen molar-refractivity contribution in [3.8, 4) is 0 Å². The van der Waals surface area contributed by atoms with E-state index in [9.17, 15) is 12.8 Å². The van der Waals surface area contributed by atoms with E-state index < -0.39 is 15.8 Å². The predicted octanol–water partition coefficient (Wildman–Crippen LogP) is 2.58. The van der Waals surface area contributed by atoms with Gasteiger partial charge < -0.3 is 5.11 Å². The van der Waals surface area contributed by atoms with E-state index >= 15 is 0 Å². The number of hydrogen-bond donors (Lipinski definition) is 1. The molecule has 0 bridgehead atoms. The summed E-state index contributed by atoms with van der Waals surface area (Å²) in [6, 6.07) is 2.56. The minimum Gasteiger partial charge on any atom is -0.392 e. The SMILES string of the molecule is Cc1c(F)cc(CO)cc1S(=O)(=O)N1CCCCCCC1. The molecule has 1 fully saturated rings. The molecule has 118 valence electrons. The van der Waals surface area contributed by atoms with Gasteiger partial charge in [0.25, 0.3) is 0 Å². The number of aliphatic hydroxyl groups is 1. The van der Waals surface area contributed by atoms with Crippen LogP contribution in [0.2, 0.25) is 0 Å². The quantitative estimate of drug-likeness (QED) is 0.932. The molecule has 0 amide bonds. The molecule has 1 aliphatic rings. The normalized spacial score (nSPS) is 18.2. The highest BCUT2D eigenvalue weighted by atomic mass is 32.2.